The van der Waals surface area contributed by atoms with E-state index in [0.717, 1.165) is 16.8 Å². The Morgan fingerprint density at radius 2 is 1.16 bits per heavy atom. The Labute approximate surface area is 217 Å². The van der Waals surface area contributed by atoms with Crippen molar-refractivity contribution in [2.75, 3.05) is 48.0 Å². The van der Waals surface area contributed by atoms with Crippen molar-refractivity contribution in [1.82, 2.24) is 0 Å². The molecular weight excluding hydrogens is 474 g/mol. The van der Waals surface area contributed by atoms with Gasteiger partial charge >= 0.3 is 0 Å². The number of hydrogen-bond acceptors (Lipinski definition) is 8. The van der Waals surface area contributed by atoms with Crippen molar-refractivity contribution < 1.29 is 33.2 Å². The zero-order chi connectivity index (χ0) is 26.8. The molecule has 0 amide bonds. The Balaban J connectivity index is 1.73. The number of rotatable bonds is 12. The van der Waals surface area contributed by atoms with Gasteiger partial charge in [-0.25, -0.2) is 0 Å². The fraction of sp³-hybridized carbons (Fsp3) is 0.207. The molecule has 37 heavy (non-hydrogen) atoms. The highest BCUT2D eigenvalue weighted by Gasteiger charge is 2.16. The first kappa shape index (κ1) is 27.0. The van der Waals surface area contributed by atoms with E-state index in [9.17, 15) is 4.79 Å². The molecule has 0 radical (unpaired) electrons. The molecule has 0 spiro atoms. The molecule has 8 nitrogen and oxygen atoms in total. The Morgan fingerprint density at radius 1 is 0.649 bits per heavy atom. The zero-order valence-electron chi connectivity index (χ0n) is 21.8. The normalized spacial score (nSPS) is 10.9. The molecule has 3 aromatic carbocycles. The molecule has 8 heteroatoms. The molecule has 3 rings (SSSR count). The van der Waals surface area contributed by atoms with Crippen molar-refractivity contribution in [2.45, 2.75) is 0 Å². The van der Waals surface area contributed by atoms with E-state index in [1.165, 1.54) is 27.4 Å². The van der Waals surface area contributed by atoms with Crippen LogP contribution in [0, 0.1) is 0 Å². The highest BCUT2D eigenvalue weighted by atomic mass is 16.5. The molecule has 0 saturated carbocycles. The van der Waals surface area contributed by atoms with E-state index in [0.29, 0.717) is 40.1 Å². The number of anilines is 1. The van der Waals surface area contributed by atoms with Crippen LogP contribution < -0.4 is 33.7 Å². The number of ketones is 1. The summed E-state index contributed by atoms with van der Waals surface area (Å²) in [6, 6.07) is 14.7. The zero-order valence-corrected chi connectivity index (χ0v) is 21.8. The molecule has 0 aliphatic heterocycles. The number of allylic oxidation sites excluding steroid dienone is 1. The van der Waals surface area contributed by atoms with E-state index in [4.69, 9.17) is 28.4 Å². The largest absolute Gasteiger partial charge is 0.493 e. The van der Waals surface area contributed by atoms with Crippen LogP contribution >= 0.6 is 0 Å². The number of nitrogens with one attached hydrogen (secondary N) is 1. The van der Waals surface area contributed by atoms with Crippen molar-refractivity contribution in [1.29, 1.82) is 0 Å². The van der Waals surface area contributed by atoms with Gasteiger partial charge in [0.2, 0.25) is 11.5 Å². The summed E-state index contributed by atoms with van der Waals surface area (Å²) in [5, 5.41) is 3.14. The second-order valence-electron chi connectivity index (χ2n) is 7.67. The molecule has 1 N–H and O–H groups in total. The van der Waals surface area contributed by atoms with Crippen LogP contribution in [-0.2, 0) is 0 Å². The minimum absolute atomic E-state index is 0.217. The molecular formula is C29H31NO7. The van der Waals surface area contributed by atoms with E-state index in [1.807, 2.05) is 48.6 Å². The first-order valence-corrected chi connectivity index (χ1v) is 11.3. The van der Waals surface area contributed by atoms with Crippen LogP contribution in [0.2, 0.25) is 0 Å². The third kappa shape index (κ3) is 6.55. The molecule has 0 bridgehead atoms. The van der Waals surface area contributed by atoms with Gasteiger partial charge in [0.1, 0.15) is 0 Å². The van der Waals surface area contributed by atoms with Gasteiger partial charge in [-0.2, -0.15) is 0 Å². The van der Waals surface area contributed by atoms with Gasteiger partial charge in [-0.3, -0.25) is 4.79 Å². The van der Waals surface area contributed by atoms with Crippen molar-refractivity contribution >= 4 is 23.6 Å². The fourth-order valence-corrected chi connectivity index (χ4v) is 3.66. The lowest BCUT2D eigenvalue weighted by molar-refractivity contribution is 0.104. The Bertz CT molecular complexity index is 1250. The summed E-state index contributed by atoms with van der Waals surface area (Å²) in [7, 11) is 9.26. The highest BCUT2D eigenvalue weighted by molar-refractivity contribution is 6.05. The van der Waals surface area contributed by atoms with Crippen LogP contribution in [0.15, 0.2) is 60.8 Å². The monoisotopic (exact) mass is 505 g/mol. The van der Waals surface area contributed by atoms with Crippen molar-refractivity contribution in [2.24, 2.45) is 0 Å². The molecule has 0 aliphatic rings. The fourth-order valence-electron chi connectivity index (χ4n) is 3.66. The number of benzene rings is 3. The first-order valence-electron chi connectivity index (χ1n) is 11.3. The number of methoxy groups -OCH3 is 6. The maximum atomic E-state index is 12.7. The molecule has 0 unspecified atom stereocenters. The van der Waals surface area contributed by atoms with Gasteiger partial charge in [0.15, 0.2) is 28.8 Å². The van der Waals surface area contributed by atoms with Crippen molar-refractivity contribution in [3.8, 4) is 34.5 Å². The third-order valence-corrected chi connectivity index (χ3v) is 5.48. The summed E-state index contributed by atoms with van der Waals surface area (Å²) in [4.78, 5) is 12.7. The number of hydrogen-bond donors (Lipinski definition) is 1. The standard InChI is InChI=1S/C29H31NO7/c1-32-24-15-20(16-25(33-2)28(24)36-5)11-10-19-8-7-9-22(14-19)30-13-12-23(31)21-17-26(34-3)29(37-6)27(18-21)35-4/h7-18,30H,1-6H3/b11-10+,13-12-. The summed E-state index contributed by atoms with van der Waals surface area (Å²) in [6.07, 6.45) is 6.96. The van der Waals surface area contributed by atoms with Crippen LogP contribution in [0.3, 0.4) is 0 Å². The molecule has 0 aliphatic carbocycles. The number of carbonyl (C=O) groups excluding carboxylic acids is 1. The highest BCUT2D eigenvalue weighted by Crippen LogP contribution is 2.39. The minimum Gasteiger partial charge on any atom is -0.493 e. The first-order chi connectivity index (χ1) is 18.0. The number of carbonyl (C=O) groups is 1. The molecule has 0 fully saturated rings. The van der Waals surface area contributed by atoms with Gasteiger partial charge in [0.25, 0.3) is 0 Å². The average Bonchev–Trinajstić information content (AvgIpc) is 2.94. The summed E-state index contributed by atoms with van der Waals surface area (Å²) >= 11 is 0. The second kappa shape index (κ2) is 12.9. The van der Waals surface area contributed by atoms with Crippen LogP contribution in [0.5, 0.6) is 34.5 Å². The van der Waals surface area contributed by atoms with E-state index >= 15 is 0 Å². The molecule has 0 heterocycles. The Kier molecular flexibility index (Phi) is 9.43. The molecule has 0 saturated heterocycles. The quantitative estimate of drug-likeness (QED) is 0.190. The lowest BCUT2D eigenvalue weighted by Crippen LogP contribution is -2.01. The van der Waals surface area contributed by atoms with E-state index < -0.39 is 0 Å². The van der Waals surface area contributed by atoms with E-state index in [2.05, 4.69) is 5.32 Å². The van der Waals surface area contributed by atoms with Crippen molar-refractivity contribution in [3.05, 3.63) is 77.5 Å². The predicted molar refractivity (Wildman–Crippen MR) is 145 cm³/mol. The second-order valence-corrected chi connectivity index (χ2v) is 7.67. The summed E-state index contributed by atoms with van der Waals surface area (Å²) in [5.41, 5.74) is 3.09. The molecule has 0 atom stereocenters. The van der Waals surface area contributed by atoms with Gasteiger partial charge in [-0.15, -0.1) is 0 Å². The lowest BCUT2D eigenvalue weighted by atomic mass is 10.1. The summed E-state index contributed by atoms with van der Waals surface area (Å²) < 4.78 is 32.2. The van der Waals surface area contributed by atoms with Gasteiger partial charge < -0.3 is 33.7 Å². The lowest BCUT2D eigenvalue weighted by Gasteiger charge is -2.13. The number of ether oxygens (including phenoxy) is 6. The van der Waals surface area contributed by atoms with Gasteiger partial charge in [0, 0.05) is 23.5 Å². The van der Waals surface area contributed by atoms with Crippen molar-refractivity contribution in [3.63, 3.8) is 0 Å². The maximum absolute atomic E-state index is 12.7. The Hall–Kier alpha value is -4.59. The molecule has 0 aromatic heterocycles. The van der Waals surface area contributed by atoms with Gasteiger partial charge in [-0.05, 0) is 47.5 Å². The van der Waals surface area contributed by atoms with E-state index in [-0.39, 0.29) is 5.78 Å². The Morgan fingerprint density at radius 3 is 1.68 bits per heavy atom. The molecule has 194 valence electrons. The summed E-state index contributed by atoms with van der Waals surface area (Å²) in [5.74, 6) is 2.75. The average molecular weight is 506 g/mol. The minimum atomic E-state index is -0.217. The van der Waals surface area contributed by atoms with Crippen LogP contribution in [0.1, 0.15) is 21.5 Å². The molecule has 3 aromatic rings. The summed E-state index contributed by atoms with van der Waals surface area (Å²) in [6.45, 7) is 0. The van der Waals surface area contributed by atoms with Crippen LogP contribution in [-0.4, -0.2) is 48.4 Å². The third-order valence-electron chi connectivity index (χ3n) is 5.48. The van der Waals surface area contributed by atoms with Gasteiger partial charge in [-0.1, -0.05) is 24.3 Å². The SMILES string of the molecule is COc1cc(/C=C/c2cccc(N/C=C\C(=O)c3cc(OC)c(OC)c(OC)c3)c2)cc(OC)c1OC. The van der Waals surface area contributed by atoms with Gasteiger partial charge in [0.05, 0.1) is 42.7 Å². The maximum Gasteiger partial charge on any atom is 0.203 e. The smallest absolute Gasteiger partial charge is 0.203 e. The van der Waals surface area contributed by atoms with Crippen LogP contribution in [0.4, 0.5) is 5.69 Å². The topological polar surface area (TPSA) is 84.5 Å². The van der Waals surface area contributed by atoms with E-state index in [1.54, 1.807) is 39.7 Å². The predicted octanol–water partition coefficient (Wildman–Crippen LogP) is 5.72. The van der Waals surface area contributed by atoms with Crippen LogP contribution in [0.25, 0.3) is 12.2 Å².